The molecule has 3 heteroatoms. The van der Waals surface area contributed by atoms with Crippen LogP contribution in [0, 0.1) is 0 Å². The highest BCUT2D eigenvalue weighted by Crippen LogP contribution is 2.21. The van der Waals surface area contributed by atoms with Crippen molar-refractivity contribution >= 4 is 11.5 Å². The van der Waals surface area contributed by atoms with E-state index in [2.05, 4.69) is 4.99 Å². The topological polar surface area (TPSA) is 38.7 Å². The number of Topliss-reactive ketones (excluding diaryl/α,β-unsaturated/α-hetero) is 1. The van der Waals surface area contributed by atoms with Gasteiger partial charge in [-0.15, -0.1) is 0 Å². The number of rotatable bonds is 3. The number of carbonyl (C=O) groups excluding carboxylic acids is 1. The summed E-state index contributed by atoms with van der Waals surface area (Å²) in [5, 5.41) is 0. The summed E-state index contributed by atoms with van der Waals surface area (Å²) in [6.07, 6.45) is 0. The predicted molar refractivity (Wildman–Crippen MR) is 61.1 cm³/mol. The average molecular weight is 205 g/mol. The van der Waals surface area contributed by atoms with Crippen molar-refractivity contribution < 1.29 is 9.53 Å². The van der Waals surface area contributed by atoms with Crippen LogP contribution in [0.4, 0.5) is 0 Å². The van der Waals surface area contributed by atoms with E-state index in [4.69, 9.17) is 4.74 Å². The molecular weight excluding hydrogens is 190 g/mol. The molecule has 0 fully saturated rings. The molecule has 1 aromatic carbocycles. The summed E-state index contributed by atoms with van der Waals surface area (Å²) in [5.41, 5.74) is 2.46. The molecule has 3 nitrogen and oxygen atoms in total. The quantitative estimate of drug-likeness (QED) is 0.561. The Labute approximate surface area is 89.8 Å². The maximum atomic E-state index is 11.2. The molecule has 0 aliphatic rings. The van der Waals surface area contributed by atoms with Gasteiger partial charge in [-0.05, 0) is 26.0 Å². The van der Waals surface area contributed by atoms with E-state index in [1.807, 2.05) is 13.0 Å². The van der Waals surface area contributed by atoms with E-state index in [-0.39, 0.29) is 5.78 Å². The number of aliphatic imine (C=N–C) groups is 1. The van der Waals surface area contributed by atoms with Gasteiger partial charge >= 0.3 is 0 Å². The van der Waals surface area contributed by atoms with Crippen LogP contribution in [0.2, 0.25) is 0 Å². The summed E-state index contributed by atoms with van der Waals surface area (Å²) < 4.78 is 5.23. The molecule has 0 unspecified atom stereocenters. The highest BCUT2D eigenvalue weighted by molar-refractivity contribution is 6.03. The molecule has 0 N–H and O–H groups in total. The zero-order valence-corrected chi connectivity index (χ0v) is 9.50. The van der Waals surface area contributed by atoms with Crippen molar-refractivity contribution in [2.75, 3.05) is 14.2 Å². The highest BCUT2D eigenvalue weighted by Gasteiger charge is 2.08. The first kappa shape index (κ1) is 11.4. The maximum Gasteiger partial charge on any atom is 0.159 e. The Balaban J connectivity index is 3.27. The van der Waals surface area contributed by atoms with E-state index in [9.17, 15) is 4.79 Å². The van der Waals surface area contributed by atoms with Crippen LogP contribution < -0.4 is 4.74 Å². The fourth-order valence-electron chi connectivity index (χ4n) is 1.33. The van der Waals surface area contributed by atoms with Gasteiger partial charge in [0.15, 0.2) is 5.78 Å². The Morgan fingerprint density at radius 3 is 2.47 bits per heavy atom. The molecule has 0 spiro atoms. The number of hydrogen-bond donors (Lipinski definition) is 0. The molecule has 0 aliphatic heterocycles. The summed E-state index contributed by atoms with van der Waals surface area (Å²) in [4.78, 5) is 15.3. The Hall–Kier alpha value is -1.64. The van der Waals surface area contributed by atoms with Gasteiger partial charge in [-0.3, -0.25) is 9.79 Å². The van der Waals surface area contributed by atoms with Gasteiger partial charge in [0.25, 0.3) is 0 Å². The number of ether oxygens (including phenoxy) is 1. The second kappa shape index (κ2) is 4.73. The molecule has 0 atom stereocenters. The molecule has 0 amide bonds. The normalized spacial score (nSPS) is 11.3. The first-order valence-electron chi connectivity index (χ1n) is 4.73. The van der Waals surface area contributed by atoms with Crippen molar-refractivity contribution in [3.63, 3.8) is 0 Å². The molecule has 0 radical (unpaired) electrons. The Kier molecular flexibility index (Phi) is 3.61. The fraction of sp³-hybridized carbons (Fsp3) is 0.333. The third-order valence-corrected chi connectivity index (χ3v) is 2.33. The number of hydrogen-bond acceptors (Lipinski definition) is 3. The van der Waals surface area contributed by atoms with Gasteiger partial charge in [0, 0.05) is 23.9 Å². The van der Waals surface area contributed by atoms with Crippen molar-refractivity contribution in [3.8, 4) is 5.75 Å². The van der Waals surface area contributed by atoms with Crippen LogP contribution in [0.5, 0.6) is 5.75 Å². The number of methoxy groups -OCH3 is 1. The van der Waals surface area contributed by atoms with Gasteiger partial charge in [-0.1, -0.05) is 6.07 Å². The first-order chi connectivity index (χ1) is 7.10. The minimum absolute atomic E-state index is 0.0333. The molecular formula is C12H15NO2. The number of nitrogens with zero attached hydrogens (tertiary/aromatic N) is 1. The van der Waals surface area contributed by atoms with Gasteiger partial charge in [0.2, 0.25) is 0 Å². The van der Waals surface area contributed by atoms with Crippen LogP contribution >= 0.6 is 0 Å². The van der Waals surface area contributed by atoms with Gasteiger partial charge in [-0.2, -0.15) is 0 Å². The molecule has 0 aliphatic carbocycles. The monoisotopic (exact) mass is 205 g/mol. The van der Waals surface area contributed by atoms with Crippen LogP contribution in [-0.2, 0) is 0 Å². The minimum atomic E-state index is 0.0333. The molecule has 1 rings (SSSR count). The lowest BCUT2D eigenvalue weighted by atomic mass is 10.0. The first-order valence-corrected chi connectivity index (χ1v) is 4.73. The number of carbonyl (C=O) groups is 1. The largest absolute Gasteiger partial charge is 0.496 e. The second-order valence-corrected chi connectivity index (χ2v) is 3.28. The lowest BCUT2D eigenvalue weighted by Gasteiger charge is -2.08. The predicted octanol–water partition coefficient (Wildman–Crippen LogP) is 2.34. The molecule has 0 bridgehead atoms. The van der Waals surface area contributed by atoms with Crippen molar-refractivity contribution in [1.82, 2.24) is 0 Å². The minimum Gasteiger partial charge on any atom is -0.496 e. The molecule has 0 saturated carbocycles. The summed E-state index contributed by atoms with van der Waals surface area (Å²) >= 11 is 0. The van der Waals surface area contributed by atoms with Gasteiger partial charge in [0.1, 0.15) is 5.75 Å². The maximum absolute atomic E-state index is 11.2. The molecule has 80 valence electrons. The smallest absolute Gasteiger partial charge is 0.159 e. The third kappa shape index (κ3) is 2.43. The fourth-order valence-corrected chi connectivity index (χ4v) is 1.33. The van der Waals surface area contributed by atoms with E-state index in [1.54, 1.807) is 26.3 Å². The van der Waals surface area contributed by atoms with Crippen LogP contribution in [0.15, 0.2) is 23.2 Å². The van der Waals surface area contributed by atoms with E-state index >= 15 is 0 Å². The standard InChI is InChI=1S/C12H15NO2/c1-8(13-3)11-6-5-10(9(2)14)7-12(11)15-4/h5-7H,1-4H3. The van der Waals surface area contributed by atoms with E-state index in [0.29, 0.717) is 11.3 Å². The van der Waals surface area contributed by atoms with E-state index < -0.39 is 0 Å². The Morgan fingerprint density at radius 1 is 1.33 bits per heavy atom. The Morgan fingerprint density at radius 2 is 2.00 bits per heavy atom. The average Bonchev–Trinajstić information content (AvgIpc) is 2.27. The summed E-state index contributed by atoms with van der Waals surface area (Å²) in [6.45, 7) is 3.44. The van der Waals surface area contributed by atoms with Crippen LogP contribution in [0.3, 0.4) is 0 Å². The summed E-state index contributed by atoms with van der Waals surface area (Å²) in [5.74, 6) is 0.719. The van der Waals surface area contributed by atoms with E-state index in [0.717, 1.165) is 11.3 Å². The highest BCUT2D eigenvalue weighted by atomic mass is 16.5. The van der Waals surface area contributed by atoms with Crippen LogP contribution in [0.1, 0.15) is 29.8 Å². The zero-order valence-electron chi connectivity index (χ0n) is 9.50. The number of benzene rings is 1. The Bertz CT molecular complexity index is 408. The molecule has 1 aromatic rings. The van der Waals surface area contributed by atoms with Crippen molar-refractivity contribution in [1.29, 1.82) is 0 Å². The van der Waals surface area contributed by atoms with Gasteiger partial charge in [-0.25, -0.2) is 0 Å². The van der Waals surface area contributed by atoms with Crippen molar-refractivity contribution in [2.45, 2.75) is 13.8 Å². The molecule has 0 aromatic heterocycles. The lowest BCUT2D eigenvalue weighted by Crippen LogP contribution is -2.01. The SMILES string of the molecule is CN=C(C)c1ccc(C(C)=O)cc1OC. The van der Waals surface area contributed by atoms with Gasteiger partial charge < -0.3 is 4.74 Å². The van der Waals surface area contributed by atoms with Crippen LogP contribution in [-0.4, -0.2) is 25.7 Å². The molecule has 15 heavy (non-hydrogen) atoms. The van der Waals surface area contributed by atoms with E-state index in [1.165, 1.54) is 6.92 Å². The third-order valence-electron chi connectivity index (χ3n) is 2.33. The number of ketones is 1. The zero-order chi connectivity index (χ0) is 11.4. The molecule has 0 saturated heterocycles. The van der Waals surface area contributed by atoms with Crippen LogP contribution in [0.25, 0.3) is 0 Å². The summed E-state index contributed by atoms with van der Waals surface area (Å²) in [7, 11) is 3.32. The van der Waals surface area contributed by atoms with Crippen molar-refractivity contribution in [3.05, 3.63) is 29.3 Å². The van der Waals surface area contributed by atoms with Gasteiger partial charge in [0.05, 0.1) is 7.11 Å². The lowest BCUT2D eigenvalue weighted by molar-refractivity contribution is 0.101. The molecule has 0 heterocycles. The van der Waals surface area contributed by atoms with Crippen molar-refractivity contribution in [2.24, 2.45) is 4.99 Å². The summed E-state index contributed by atoms with van der Waals surface area (Å²) in [6, 6.07) is 5.39. The second-order valence-electron chi connectivity index (χ2n) is 3.28.